The maximum absolute atomic E-state index is 3.92. The van der Waals surface area contributed by atoms with Gasteiger partial charge in [-0.25, -0.2) is 0 Å². The second-order valence-corrected chi connectivity index (χ2v) is 2.91. The van der Waals surface area contributed by atoms with Crippen molar-refractivity contribution < 1.29 is 0 Å². The van der Waals surface area contributed by atoms with Crippen LogP contribution in [0.5, 0.6) is 0 Å². The van der Waals surface area contributed by atoms with Crippen molar-refractivity contribution in [2.24, 2.45) is 5.92 Å². The molecule has 10 heavy (non-hydrogen) atoms. The van der Waals surface area contributed by atoms with Crippen molar-refractivity contribution in [3.05, 3.63) is 36.5 Å². The number of hydrogen-bond donors (Lipinski definition) is 0. The normalized spacial score (nSPS) is 18.7. The predicted molar refractivity (Wildman–Crippen MR) is 45.8 cm³/mol. The van der Waals surface area contributed by atoms with Crippen LogP contribution in [0.3, 0.4) is 0 Å². The highest BCUT2D eigenvalue weighted by atomic mass is 14.3. The van der Waals surface area contributed by atoms with Crippen molar-refractivity contribution in [1.29, 1.82) is 0 Å². The summed E-state index contributed by atoms with van der Waals surface area (Å²) in [6.45, 7) is 9.66. The Labute approximate surface area is 62.9 Å². The molecule has 0 radical (unpaired) electrons. The van der Waals surface area contributed by atoms with E-state index in [1.807, 2.05) is 6.08 Å². The van der Waals surface area contributed by atoms with E-state index in [0.29, 0.717) is 0 Å². The highest BCUT2D eigenvalue weighted by Gasteiger charge is 2.25. The van der Waals surface area contributed by atoms with Crippen LogP contribution >= 0.6 is 0 Å². The molecule has 1 rings (SSSR count). The number of allylic oxidation sites excluding steroid dienone is 4. The van der Waals surface area contributed by atoms with Gasteiger partial charge in [-0.1, -0.05) is 30.9 Å². The lowest BCUT2D eigenvalue weighted by atomic mass is 10.0. The molecule has 0 amide bonds. The van der Waals surface area contributed by atoms with Crippen LogP contribution in [-0.2, 0) is 0 Å². The molecule has 0 nitrogen and oxygen atoms in total. The van der Waals surface area contributed by atoms with Crippen LogP contribution in [0.1, 0.15) is 19.8 Å². The third-order valence-corrected chi connectivity index (χ3v) is 1.81. The van der Waals surface area contributed by atoms with E-state index < -0.39 is 0 Å². The lowest BCUT2D eigenvalue weighted by Gasteiger charge is -2.01. The lowest BCUT2D eigenvalue weighted by molar-refractivity contribution is 1.02. The van der Waals surface area contributed by atoms with Crippen LogP contribution in [-0.4, -0.2) is 0 Å². The van der Waals surface area contributed by atoms with Crippen molar-refractivity contribution in [2.45, 2.75) is 19.8 Å². The minimum Gasteiger partial charge on any atom is -0.0991 e. The highest BCUT2D eigenvalue weighted by molar-refractivity contribution is 5.34. The van der Waals surface area contributed by atoms with Gasteiger partial charge in [0.05, 0.1) is 0 Å². The molecule has 0 bridgehead atoms. The van der Waals surface area contributed by atoms with E-state index >= 15 is 0 Å². The smallest absolute Gasteiger partial charge is 0.0159 e. The van der Waals surface area contributed by atoms with E-state index in [4.69, 9.17) is 0 Å². The fraction of sp³-hybridized carbons (Fsp3) is 0.400. The molecule has 0 aromatic carbocycles. The molecule has 1 fully saturated rings. The monoisotopic (exact) mass is 134 g/mol. The second-order valence-electron chi connectivity index (χ2n) is 2.91. The summed E-state index contributed by atoms with van der Waals surface area (Å²) >= 11 is 0. The molecule has 1 aliphatic rings. The van der Waals surface area contributed by atoms with E-state index in [1.165, 1.54) is 24.0 Å². The van der Waals surface area contributed by atoms with E-state index in [1.54, 1.807) is 0 Å². The summed E-state index contributed by atoms with van der Waals surface area (Å²) in [7, 11) is 0. The zero-order valence-corrected chi connectivity index (χ0v) is 6.56. The zero-order chi connectivity index (χ0) is 7.56. The molecule has 0 saturated heterocycles. The average Bonchev–Trinajstić information content (AvgIpc) is 2.63. The van der Waals surface area contributed by atoms with Crippen molar-refractivity contribution >= 4 is 0 Å². The standard InChI is InChI=1S/C10H14/c1-4-5-10(8(2)3)9-6-7-9/h4-5,9H,1-2,6-7H2,3H3/b10-5+. The fourth-order valence-electron chi connectivity index (χ4n) is 1.15. The first kappa shape index (κ1) is 7.33. The third-order valence-electron chi connectivity index (χ3n) is 1.81. The maximum atomic E-state index is 3.92. The molecule has 0 heterocycles. The Morgan fingerprint density at radius 2 is 2.10 bits per heavy atom. The summed E-state index contributed by atoms with van der Waals surface area (Å²) in [6, 6.07) is 0. The molecule has 54 valence electrons. The Balaban J connectivity index is 2.67. The Morgan fingerprint density at radius 1 is 1.50 bits per heavy atom. The van der Waals surface area contributed by atoms with Gasteiger partial charge in [-0.15, -0.1) is 0 Å². The molecule has 0 N–H and O–H groups in total. The largest absolute Gasteiger partial charge is 0.0991 e. The van der Waals surface area contributed by atoms with E-state index in [2.05, 4.69) is 26.2 Å². The van der Waals surface area contributed by atoms with Crippen molar-refractivity contribution in [1.82, 2.24) is 0 Å². The van der Waals surface area contributed by atoms with Gasteiger partial charge >= 0.3 is 0 Å². The molecule has 0 aromatic rings. The van der Waals surface area contributed by atoms with Gasteiger partial charge in [-0.3, -0.25) is 0 Å². The highest BCUT2D eigenvalue weighted by Crippen LogP contribution is 2.39. The molecular weight excluding hydrogens is 120 g/mol. The fourth-order valence-corrected chi connectivity index (χ4v) is 1.15. The molecule has 0 aliphatic heterocycles. The molecular formula is C10H14. The second kappa shape index (κ2) is 2.87. The van der Waals surface area contributed by atoms with E-state index in [-0.39, 0.29) is 0 Å². The van der Waals surface area contributed by atoms with Crippen LogP contribution in [0.2, 0.25) is 0 Å². The van der Waals surface area contributed by atoms with Crippen LogP contribution in [0.15, 0.2) is 36.5 Å². The van der Waals surface area contributed by atoms with Gasteiger partial charge in [-0.2, -0.15) is 0 Å². The summed E-state index contributed by atoms with van der Waals surface area (Å²) in [6.07, 6.45) is 6.61. The quantitative estimate of drug-likeness (QED) is 0.520. The molecule has 1 aliphatic carbocycles. The Hall–Kier alpha value is -0.780. The summed E-state index contributed by atoms with van der Waals surface area (Å²) in [5.74, 6) is 0.801. The van der Waals surface area contributed by atoms with Gasteiger partial charge in [0.1, 0.15) is 0 Å². The van der Waals surface area contributed by atoms with Gasteiger partial charge in [0.15, 0.2) is 0 Å². The van der Waals surface area contributed by atoms with Gasteiger partial charge in [0, 0.05) is 0 Å². The van der Waals surface area contributed by atoms with Crippen LogP contribution in [0, 0.1) is 5.92 Å². The Bertz CT molecular complexity index is 180. The predicted octanol–water partition coefficient (Wildman–Crippen LogP) is 3.08. The first-order chi connectivity index (χ1) is 4.75. The molecule has 1 saturated carbocycles. The SMILES string of the molecule is C=C/C=C(\C(=C)C)C1CC1. The summed E-state index contributed by atoms with van der Waals surface area (Å²) in [5.41, 5.74) is 2.59. The molecule has 0 spiro atoms. The van der Waals surface area contributed by atoms with E-state index in [9.17, 15) is 0 Å². The van der Waals surface area contributed by atoms with Gasteiger partial charge in [-0.05, 0) is 31.3 Å². The van der Waals surface area contributed by atoms with Crippen LogP contribution in [0.25, 0.3) is 0 Å². The number of rotatable bonds is 3. The first-order valence-corrected chi connectivity index (χ1v) is 3.74. The van der Waals surface area contributed by atoms with Crippen LogP contribution in [0.4, 0.5) is 0 Å². The van der Waals surface area contributed by atoms with Crippen molar-refractivity contribution in [3.63, 3.8) is 0 Å². The summed E-state index contributed by atoms with van der Waals surface area (Å²) < 4.78 is 0. The Morgan fingerprint density at radius 3 is 2.40 bits per heavy atom. The first-order valence-electron chi connectivity index (χ1n) is 3.74. The van der Waals surface area contributed by atoms with Crippen molar-refractivity contribution in [3.8, 4) is 0 Å². The molecule has 0 unspecified atom stereocenters. The number of hydrogen-bond acceptors (Lipinski definition) is 0. The Kier molecular flexibility index (Phi) is 2.10. The van der Waals surface area contributed by atoms with Crippen molar-refractivity contribution in [2.75, 3.05) is 0 Å². The van der Waals surface area contributed by atoms with Gasteiger partial charge in [0.2, 0.25) is 0 Å². The zero-order valence-electron chi connectivity index (χ0n) is 6.56. The third kappa shape index (κ3) is 1.60. The van der Waals surface area contributed by atoms with E-state index in [0.717, 1.165) is 5.92 Å². The lowest BCUT2D eigenvalue weighted by Crippen LogP contribution is -1.84. The van der Waals surface area contributed by atoms with Gasteiger partial charge in [0.25, 0.3) is 0 Å². The summed E-state index contributed by atoms with van der Waals surface area (Å²) in [4.78, 5) is 0. The average molecular weight is 134 g/mol. The minimum absolute atomic E-state index is 0.801. The summed E-state index contributed by atoms with van der Waals surface area (Å²) in [5, 5.41) is 0. The maximum Gasteiger partial charge on any atom is -0.0159 e. The molecule has 0 atom stereocenters. The minimum atomic E-state index is 0.801. The molecule has 0 aromatic heterocycles. The topological polar surface area (TPSA) is 0 Å². The molecule has 0 heteroatoms. The van der Waals surface area contributed by atoms with Crippen LogP contribution < -0.4 is 0 Å². The van der Waals surface area contributed by atoms with Gasteiger partial charge < -0.3 is 0 Å².